The summed E-state index contributed by atoms with van der Waals surface area (Å²) < 4.78 is 22.0. The van der Waals surface area contributed by atoms with Crippen LogP contribution in [0.2, 0.25) is 15.1 Å². The maximum atomic E-state index is 11.7. The molecular formula is C20H22Cl3NO7S. The Hall–Kier alpha value is -1.52. The molecule has 0 aliphatic carbocycles. The first-order valence-electron chi connectivity index (χ1n) is 9.37. The molecule has 1 aliphatic heterocycles. The molecule has 176 valence electrons. The first-order chi connectivity index (χ1) is 15.0. The molecule has 0 N–H and O–H groups in total. The molecule has 12 heteroatoms. The van der Waals surface area contributed by atoms with Crippen LogP contribution in [-0.4, -0.2) is 61.0 Å². The number of rotatable bonds is 8. The Bertz CT molecular complexity index is 877. The van der Waals surface area contributed by atoms with Crippen molar-refractivity contribution in [2.75, 3.05) is 13.2 Å². The molecule has 0 aromatic heterocycles. The third kappa shape index (κ3) is 7.25. The molecule has 0 saturated carbocycles. The first kappa shape index (κ1) is 26.7. The molecule has 2 rings (SSSR count). The highest BCUT2D eigenvalue weighted by Gasteiger charge is 2.50. The van der Waals surface area contributed by atoms with Gasteiger partial charge in [-0.05, 0) is 18.9 Å². The van der Waals surface area contributed by atoms with Crippen molar-refractivity contribution in [2.45, 2.75) is 55.3 Å². The normalized spacial score (nSPS) is 25.0. The summed E-state index contributed by atoms with van der Waals surface area (Å²) in [6.07, 6.45) is -1.62. The maximum absolute atomic E-state index is 11.7. The number of ether oxygens (including phenoxy) is 4. The molecule has 1 saturated heterocycles. The van der Waals surface area contributed by atoms with E-state index in [1.165, 1.54) is 32.5 Å². The van der Waals surface area contributed by atoms with Gasteiger partial charge >= 0.3 is 17.9 Å². The number of hydrogen-bond acceptors (Lipinski definition) is 9. The van der Waals surface area contributed by atoms with Crippen LogP contribution in [0.3, 0.4) is 0 Å². The van der Waals surface area contributed by atoms with Crippen molar-refractivity contribution in [2.24, 2.45) is 4.99 Å². The van der Waals surface area contributed by atoms with Crippen molar-refractivity contribution in [1.29, 1.82) is 0 Å². The Morgan fingerprint density at radius 2 is 1.72 bits per heavy atom. The summed E-state index contributed by atoms with van der Waals surface area (Å²) in [5.74, 6) is -1.63. The van der Waals surface area contributed by atoms with Crippen LogP contribution >= 0.6 is 46.6 Å². The smallest absolute Gasteiger partial charge is 0.303 e. The summed E-state index contributed by atoms with van der Waals surface area (Å²) in [6.45, 7) is 6.95. The number of thioether (sulfide) groups is 1. The SMILES string of the molecule is C=NC1CC(COC(C)=O)(Sc2cc(Cl)c(Cl)c(Cl)c2)OC(COC(C)=O)[C@@H]1OC(C)=O. The standard InChI is InChI=1S/C20H22Cl3NO7S/c1-10(25)28-8-17-19(30-12(3)27)16(24-4)7-20(31-17,9-29-11(2)26)32-13-5-14(21)18(23)15(22)6-13/h5-6,16-17,19H,4,7-9H2,1-3H3/t16?,17?,19-,20?/m1/s1. The van der Waals surface area contributed by atoms with Crippen molar-refractivity contribution in [3.05, 3.63) is 27.2 Å². The van der Waals surface area contributed by atoms with Gasteiger partial charge in [-0.15, -0.1) is 0 Å². The van der Waals surface area contributed by atoms with Gasteiger partial charge in [-0.2, -0.15) is 0 Å². The van der Waals surface area contributed by atoms with E-state index in [9.17, 15) is 14.4 Å². The molecule has 0 bridgehead atoms. The molecule has 1 aliphatic rings. The summed E-state index contributed by atoms with van der Waals surface area (Å²) in [4.78, 5) is 38.1. The molecule has 0 spiro atoms. The zero-order valence-corrected chi connectivity index (χ0v) is 20.6. The van der Waals surface area contributed by atoms with Crippen LogP contribution in [0, 0.1) is 0 Å². The molecule has 0 amide bonds. The van der Waals surface area contributed by atoms with E-state index < -0.39 is 41.1 Å². The van der Waals surface area contributed by atoms with E-state index in [0.717, 1.165) is 0 Å². The fourth-order valence-corrected chi connectivity index (χ4v) is 5.17. The zero-order chi connectivity index (χ0) is 24.1. The lowest BCUT2D eigenvalue weighted by Gasteiger charge is -2.45. The Morgan fingerprint density at radius 3 is 2.22 bits per heavy atom. The van der Waals surface area contributed by atoms with E-state index >= 15 is 0 Å². The molecule has 1 aromatic rings. The number of carbonyl (C=O) groups is 3. The number of nitrogens with zero attached hydrogens (tertiary/aromatic N) is 1. The van der Waals surface area contributed by atoms with Gasteiger partial charge in [0.15, 0.2) is 11.0 Å². The third-order valence-electron chi connectivity index (χ3n) is 4.38. The van der Waals surface area contributed by atoms with Gasteiger partial charge in [0.25, 0.3) is 0 Å². The average Bonchev–Trinajstić information content (AvgIpc) is 2.70. The van der Waals surface area contributed by atoms with Gasteiger partial charge in [0.2, 0.25) is 0 Å². The van der Waals surface area contributed by atoms with E-state index in [1.54, 1.807) is 12.1 Å². The van der Waals surface area contributed by atoms with Gasteiger partial charge in [-0.3, -0.25) is 19.4 Å². The quantitative estimate of drug-likeness (QED) is 0.213. The largest absolute Gasteiger partial charge is 0.463 e. The highest BCUT2D eigenvalue weighted by Crippen LogP contribution is 2.46. The summed E-state index contributed by atoms with van der Waals surface area (Å²) in [6, 6.07) is 2.54. The topological polar surface area (TPSA) is 100 Å². The number of carbonyl (C=O) groups excluding carboxylic acids is 3. The minimum absolute atomic E-state index is 0.154. The van der Waals surface area contributed by atoms with Crippen LogP contribution in [0.4, 0.5) is 0 Å². The van der Waals surface area contributed by atoms with Gasteiger partial charge < -0.3 is 18.9 Å². The molecule has 1 aromatic carbocycles. The second-order valence-electron chi connectivity index (χ2n) is 6.98. The van der Waals surface area contributed by atoms with Crippen LogP contribution in [0.25, 0.3) is 0 Å². The van der Waals surface area contributed by atoms with E-state index in [1.807, 2.05) is 0 Å². The van der Waals surface area contributed by atoms with Crippen LogP contribution in [0.5, 0.6) is 0 Å². The lowest BCUT2D eigenvalue weighted by molar-refractivity contribution is -0.199. The molecule has 3 unspecified atom stereocenters. The summed E-state index contributed by atoms with van der Waals surface area (Å²) in [7, 11) is 0. The number of aliphatic imine (C=N–C) groups is 1. The van der Waals surface area contributed by atoms with Crippen LogP contribution in [0.1, 0.15) is 27.2 Å². The van der Waals surface area contributed by atoms with Crippen molar-refractivity contribution in [3.8, 4) is 0 Å². The lowest BCUT2D eigenvalue weighted by atomic mass is 9.95. The van der Waals surface area contributed by atoms with Gasteiger partial charge in [0, 0.05) is 32.1 Å². The third-order valence-corrected chi connectivity index (χ3v) is 6.80. The Morgan fingerprint density at radius 1 is 1.12 bits per heavy atom. The second-order valence-corrected chi connectivity index (χ2v) is 9.59. The predicted molar refractivity (Wildman–Crippen MR) is 122 cm³/mol. The van der Waals surface area contributed by atoms with E-state index in [-0.39, 0.29) is 34.7 Å². The van der Waals surface area contributed by atoms with Gasteiger partial charge in [-0.1, -0.05) is 46.6 Å². The molecule has 32 heavy (non-hydrogen) atoms. The Balaban J connectivity index is 2.46. The monoisotopic (exact) mass is 525 g/mol. The number of halogens is 3. The molecular weight excluding hydrogens is 505 g/mol. The first-order valence-corrected chi connectivity index (χ1v) is 11.3. The fraction of sp³-hybridized carbons (Fsp3) is 0.500. The van der Waals surface area contributed by atoms with E-state index in [2.05, 4.69) is 11.7 Å². The van der Waals surface area contributed by atoms with E-state index in [0.29, 0.717) is 4.90 Å². The zero-order valence-electron chi connectivity index (χ0n) is 17.6. The summed E-state index contributed by atoms with van der Waals surface area (Å²) in [5, 5.41) is 0.657. The summed E-state index contributed by atoms with van der Waals surface area (Å²) >= 11 is 19.5. The van der Waals surface area contributed by atoms with E-state index in [4.69, 9.17) is 53.8 Å². The van der Waals surface area contributed by atoms with Crippen LogP contribution in [0.15, 0.2) is 22.0 Å². The molecule has 0 radical (unpaired) electrons. The highest BCUT2D eigenvalue weighted by molar-refractivity contribution is 8.00. The number of esters is 3. The molecule has 1 heterocycles. The molecule has 1 fully saturated rings. The van der Waals surface area contributed by atoms with Gasteiger partial charge in [-0.25, -0.2) is 0 Å². The van der Waals surface area contributed by atoms with Crippen molar-refractivity contribution < 1.29 is 33.3 Å². The van der Waals surface area contributed by atoms with Crippen LogP contribution in [-0.2, 0) is 33.3 Å². The minimum Gasteiger partial charge on any atom is -0.463 e. The van der Waals surface area contributed by atoms with Crippen molar-refractivity contribution in [1.82, 2.24) is 0 Å². The lowest BCUT2D eigenvalue weighted by Crippen LogP contribution is -2.57. The molecule has 4 atom stereocenters. The Labute approximate surface area is 204 Å². The van der Waals surface area contributed by atoms with Crippen molar-refractivity contribution in [3.63, 3.8) is 0 Å². The minimum atomic E-state index is -1.21. The van der Waals surface area contributed by atoms with Crippen LogP contribution < -0.4 is 0 Å². The molecule has 8 nitrogen and oxygen atoms in total. The maximum Gasteiger partial charge on any atom is 0.303 e. The fourth-order valence-electron chi connectivity index (χ4n) is 3.12. The second kappa shape index (κ2) is 11.6. The predicted octanol–water partition coefficient (Wildman–Crippen LogP) is 4.35. The van der Waals surface area contributed by atoms with Gasteiger partial charge in [0.05, 0.1) is 21.1 Å². The number of hydrogen-bond donors (Lipinski definition) is 0. The highest BCUT2D eigenvalue weighted by atomic mass is 35.5. The summed E-state index contributed by atoms with van der Waals surface area (Å²) in [5.41, 5.74) is 0. The van der Waals surface area contributed by atoms with Crippen molar-refractivity contribution >= 4 is 71.2 Å². The number of benzene rings is 1. The Kier molecular flexibility index (Phi) is 9.66. The average molecular weight is 527 g/mol. The van der Waals surface area contributed by atoms with Gasteiger partial charge in [0.1, 0.15) is 19.3 Å².